The number of phosphoric ester groups is 1. The molecule has 322 valence electrons. The standard InChI is InChI=1S/C46H87N2O6P/c1-6-8-10-12-14-16-18-20-21-22-23-24-25-26-27-28-30-32-34-36-38-40-46(50)47-44(43-54-55(51,52)53-42-41-48(3,4)5)45(49)39-37-35-33-31-29-19-17-15-13-11-9-7-2/h8,10,14,16,29,31,37,39,44-45,49H,6-7,9,11-13,15,17-28,30,32-36,38,40-43H2,1-5H3,(H-,47,50,51,52)/p+1/b10-8-,16-14-,31-29+,39-37+. The number of allylic oxidation sites excluding steroid dienone is 7. The number of phosphoric acid groups is 1. The molecule has 0 aliphatic heterocycles. The van der Waals surface area contributed by atoms with Crippen LogP contribution in [-0.2, 0) is 18.4 Å². The molecule has 0 aliphatic carbocycles. The fourth-order valence-electron chi connectivity index (χ4n) is 6.21. The number of carbonyl (C=O) groups is 1. The van der Waals surface area contributed by atoms with Gasteiger partial charge in [0.2, 0.25) is 5.91 Å². The molecule has 55 heavy (non-hydrogen) atoms. The maximum atomic E-state index is 12.9. The van der Waals surface area contributed by atoms with Crippen molar-refractivity contribution >= 4 is 13.7 Å². The number of unbranched alkanes of at least 4 members (excludes halogenated alkanes) is 21. The summed E-state index contributed by atoms with van der Waals surface area (Å²) in [7, 11) is 1.55. The van der Waals surface area contributed by atoms with Crippen LogP contribution in [0, 0.1) is 0 Å². The van der Waals surface area contributed by atoms with Crippen LogP contribution < -0.4 is 5.32 Å². The van der Waals surface area contributed by atoms with Gasteiger partial charge in [-0.15, -0.1) is 0 Å². The van der Waals surface area contributed by atoms with E-state index >= 15 is 0 Å². The third kappa shape index (κ3) is 40.5. The molecule has 0 bridgehead atoms. The largest absolute Gasteiger partial charge is 0.472 e. The lowest BCUT2D eigenvalue weighted by molar-refractivity contribution is -0.870. The molecule has 3 unspecified atom stereocenters. The molecular weight excluding hydrogens is 707 g/mol. The van der Waals surface area contributed by atoms with Crippen LogP contribution in [0.4, 0.5) is 0 Å². The Morgan fingerprint density at radius 3 is 1.65 bits per heavy atom. The van der Waals surface area contributed by atoms with Gasteiger partial charge in [-0.1, -0.05) is 172 Å². The normalized spacial score (nSPS) is 14.8. The van der Waals surface area contributed by atoms with Crippen molar-refractivity contribution in [1.82, 2.24) is 5.32 Å². The fraction of sp³-hybridized carbons (Fsp3) is 0.804. The van der Waals surface area contributed by atoms with Crippen molar-refractivity contribution in [3.8, 4) is 0 Å². The van der Waals surface area contributed by atoms with E-state index in [4.69, 9.17) is 9.05 Å². The van der Waals surface area contributed by atoms with E-state index in [9.17, 15) is 19.4 Å². The van der Waals surface area contributed by atoms with Crippen LogP contribution in [0.5, 0.6) is 0 Å². The molecule has 3 N–H and O–H groups in total. The van der Waals surface area contributed by atoms with E-state index < -0.39 is 20.0 Å². The topological polar surface area (TPSA) is 105 Å². The zero-order chi connectivity index (χ0) is 40.7. The van der Waals surface area contributed by atoms with Gasteiger partial charge in [-0.05, 0) is 57.8 Å². The molecule has 0 aliphatic rings. The Bertz CT molecular complexity index is 1040. The van der Waals surface area contributed by atoms with E-state index in [1.807, 2.05) is 27.2 Å². The second kappa shape index (κ2) is 38.0. The molecule has 9 heteroatoms. The van der Waals surface area contributed by atoms with Crippen LogP contribution in [0.2, 0.25) is 0 Å². The molecule has 8 nitrogen and oxygen atoms in total. The number of rotatable bonds is 40. The summed E-state index contributed by atoms with van der Waals surface area (Å²) in [6.07, 6.45) is 47.6. The molecular formula is C46H88N2O6P+. The van der Waals surface area contributed by atoms with Crippen molar-refractivity contribution in [1.29, 1.82) is 0 Å². The number of hydrogen-bond acceptors (Lipinski definition) is 5. The number of carbonyl (C=O) groups excluding carboxylic acids is 1. The van der Waals surface area contributed by atoms with E-state index in [0.29, 0.717) is 17.4 Å². The predicted molar refractivity (Wildman–Crippen MR) is 235 cm³/mol. The smallest absolute Gasteiger partial charge is 0.387 e. The van der Waals surface area contributed by atoms with E-state index in [1.165, 1.54) is 116 Å². The van der Waals surface area contributed by atoms with Crippen LogP contribution in [0.15, 0.2) is 48.6 Å². The van der Waals surface area contributed by atoms with Crippen molar-refractivity contribution in [3.63, 3.8) is 0 Å². The summed E-state index contributed by atoms with van der Waals surface area (Å²) in [6.45, 7) is 4.67. The van der Waals surface area contributed by atoms with Gasteiger partial charge in [-0.25, -0.2) is 4.57 Å². The van der Waals surface area contributed by atoms with Gasteiger partial charge in [-0.2, -0.15) is 0 Å². The molecule has 0 rings (SSSR count). The Morgan fingerprint density at radius 2 is 1.11 bits per heavy atom. The summed E-state index contributed by atoms with van der Waals surface area (Å²) < 4.78 is 23.5. The van der Waals surface area contributed by atoms with Crippen molar-refractivity contribution < 1.29 is 32.9 Å². The Balaban J connectivity index is 4.34. The SMILES string of the molecule is CC/C=C\C/C=C\CCCCCCCCCCCCCCCCC(=O)NC(COP(=O)(O)OCC[N+](C)(C)C)C(O)/C=C/CC/C=C/CCCCCCCC. The molecule has 0 heterocycles. The quantitative estimate of drug-likeness (QED) is 0.0247. The third-order valence-electron chi connectivity index (χ3n) is 9.78. The van der Waals surface area contributed by atoms with Crippen LogP contribution in [-0.4, -0.2) is 73.4 Å². The van der Waals surface area contributed by atoms with E-state index in [0.717, 1.165) is 51.4 Å². The minimum absolute atomic E-state index is 0.0554. The summed E-state index contributed by atoms with van der Waals surface area (Å²) in [5.41, 5.74) is 0. The van der Waals surface area contributed by atoms with Gasteiger partial charge in [0.1, 0.15) is 13.2 Å². The molecule has 0 saturated carbocycles. The average Bonchev–Trinajstić information content (AvgIpc) is 3.13. The summed E-state index contributed by atoms with van der Waals surface area (Å²) in [6, 6.07) is -0.861. The van der Waals surface area contributed by atoms with Gasteiger partial charge < -0.3 is 19.8 Å². The number of hydrogen-bond donors (Lipinski definition) is 3. The second-order valence-electron chi connectivity index (χ2n) is 16.4. The number of nitrogens with zero attached hydrogens (tertiary/aromatic N) is 1. The van der Waals surface area contributed by atoms with E-state index in [-0.39, 0.29) is 19.1 Å². The van der Waals surface area contributed by atoms with Gasteiger partial charge in [0.05, 0.1) is 39.9 Å². The molecule has 0 radical (unpaired) electrons. The van der Waals surface area contributed by atoms with Crippen molar-refractivity contribution in [3.05, 3.63) is 48.6 Å². The highest BCUT2D eigenvalue weighted by Crippen LogP contribution is 2.43. The van der Waals surface area contributed by atoms with Gasteiger partial charge in [-0.3, -0.25) is 13.8 Å². The summed E-state index contributed by atoms with van der Waals surface area (Å²) in [4.78, 5) is 23.1. The lowest BCUT2D eigenvalue weighted by atomic mass is 10.0. The summed E-state index contributed by atoms with van der Waals surface area (Å²) in [5, 5.41) is 13.8. The van der Waals surface area contributed by atoms with Gasteiger partial charge in [0.25, 0.3) is 0 Å². The Labute approximate surface area is 339 Å². The molecule has 0 saturated heterocycles. The number of aliphatic hydroxyl groups excluding tert-OH is 1. The van der Waals surface area contributed by atoms with Crippen LogP contribution in [0.25, 0.3) is 0 Å². The van der Waals surface area contributed by atoms with Crippen molar-refractivity contribution in [2.24, 2.45) is 0 Å². The average molecular weight is 796 g/mol. The predicted octanol–water partition coefficient (Wildman–Crippen LogP) is 12.5. The maximum absolute atomic E-state index is 12.9. The molecule has 0 aromatic rings. The highest BCUT2D eigenvalue weighted by molar-refractivity contribution is 7.47. The number of likely N-dealkylation sites (N-methyl/N-ethyl adjacent to an activating group) is 1. The molecule has 0 aromatic carbocycles. The number of nitrogens with one attached hydrogen (secondary N) is 1. The van der Waals surface area contributed by atoms with Gasteiger partial charge in [0.15, 0.2) is 0 Å². The zero-order valence-electron chi connectivity index (χ0n) is 36.4. The first-order valence-electron chi connectivity index (χ1n) is 22.5. The van der Waals surface area contributed by atoms with Crippen molar-refractivity contribution in [2.75, 3.05) is 40.9 Å². The Kier molecular flexibility index (Phi) is 36.9. The first-order chi connectivity index (χ1) is 26.5. The second-order valence-corrected chi connectivity index (χ2v) is 17.8. The first kappa shape index (κ1) is 53.5. The van der Waals surface area contributed by atoms with Crippen LogP contribution >= 0.6 is 7.82 Å². The zero-order valence-corrected chi connectivity index (χ0v) is 37.3. The van der Waals surface area contributed by atoms with E-state index in [2.05, 4.69) is 55.6 Å². The third-order valence-corrected chi connectivity index (χ3v) is 10.8. The number of quaternary nitrogens is 1. The molecule has 0 spiro atoms. The van der Waals surface area contributed by atoms with Crippen molar-refractivity contribution in [2.45, 2.75) is 199 Å². The monoisotopic (exact) mass is 796 g/mol. The molecule has 1 amide bonds. The molecule has 0 fully saturated rings. The van der Waals surface area contributed by atoms with Crippen LogP contribution in [0.3, 0.4) is 0 Å². The van der Waals surface area contributed by atoms with Gasteiger partial charge >= 0.3 is 7.82 Å². The first-order valence-corrected chi connectivity index (χ1v) is 24.0. The van der Waals surface area contributed by atoms with Crippen LogP contribution in [0.1, 0.15) is 187 Å². The van der Waals surface area contributed by atoms with Gasteiger partial charge in [0, 0.05) is 6.42 Å². The maximum Gasteiger partial charge on any atom is 0.472 e. The van der Waals surface area contributed by atoms with E-state index in [1.54, 1.807) is 6.08 Å². The lowest BCUT2D eigenvalue weighted by Crippen LogP contribution is -2.45. The minimum atomic E-state index is -4.34. The molecule has 3 atom stereocenters. The number of amides is 1. The fourth-order valence-corrected chi connectivity index (χ4v) is 6.95. The lowest BCUT2D eigenvalue weighted by Gasteiger charge is -2.25. The minimum Gasteiger partial charge on any atom is -0.387 e. The molecule has 0 aromatic heterocycles. The summed E-state index contributed by atoms with van der Waals surface area (Å²) in [5.74, 6) is -0.190. The summed E-state index contributed by atoms with van der Waals surface area (Å²) >= 11 is 0. The highest BCUT2D eigenvalue weighted by atomic mass is 31.2. The Hall–Kier alpha value is -1.54. The highest BCUT2D eigenvalue weighted by Gasteiger charge is 2.27. The number of aliphatic hydroxyl groups is 1. The Morgan fingerprint density at radius 1 is 0.636 bits per heavy atom.